The van der Waals surface area contributed by atoms with E-state index in [9.17, 15) is 9.18 Å². The third-order valence-electron chi connectivity index (χ3n) is 3.58. The van der Waals surface area contributed by atoms with E-state index in [1.54, 1.807) is 19.1 Å². The third-order valence-corrected chi connectivity index (χ3v) is 3.58. The highest BCUT2D eigenvalue weighted by molar-refractivity contribution is 5.75. The fraction of sp³-hybridized carbons (Fsp3) is 0.188. The molecule has 2 aromatic carbocycles. The van der Waals surface area contributed by atoms with Crippen LogP contribution in [0, 0.1) is 12.7 Å². The maximum Gasteiger partial charge on any atom is 0.323 e. The van der Waals surface area contributed by atoms with E-state index in [-0.39, 0.29) is 17.5 Å². The molecular formula is C16H16FN3O. The number of imidazole rings is 1. The fourth-order valence-corrected chi connectivity index (χ4v) is 2.39. The molecule has 5 heteroatoms. The average molecular weight is 285 g/mol. The lowest BCUT2D eigenvalue weighted by molar-refractivity contribution is 0.618. The van der Waals surface area contributed by atoms with Gasteiger partial charge in [-0.2, -0.15) is 0 Å². The molecule has 3 N–H and O–H groups in total. The molecule has 0 aliphatic heterocycles. The Bertz CT molecular complexity index is 850. The second kappa shape index (κ2) is 5.09. The number of aromatic nitrogens is 2. The second-order valence-electron chi connectivity index (χ2n) is 5.21. The SMILES string of the molecule is Cc1cc(NC(C)c2ccc3[nH]c(=O)[nH]c3c2)ccc1F. The molecule has 1 heterocycles. The normalized spacial score (nSPS) is 12.5. The maximum absolute atomic E-state index is 13.3. The monoisotopic (exact) mass is 285 g/mol. The summed E-state index contributed by atoms with van der Waals surface area (Å²) in [5, 5.41) is 3.33. The molecule has 0 amide bonds. The summed E-state index contributed by atoms with van der Waals surface area (Å²) in [4.78, 5) is 16.7. The third kappa shape index (κ3) is 2.67. The summed E-state index contributed by atoms with van der Waals surface area (Å²) in [7, 11) is 0. The lowest BCUT2D eigenvalue weighted by Crippen LogP contribution is -2.06. The van der Waals surface area contributed by atoms with Crippen molar-refractivity contribution in [3.63, 3.8) is 0 Å². The van der Waals surface area contributed by atoms with Gasteiger partial charge in [0.25, 0.3) is 0 Å². The van der Waals surface area contributed by atoms with Gasteiger partial charge < -0.3 is 15.3 Å². The molecule has 3 rings (SSSR count). The van der Waals surface area contributed by atoms with Crippen LogP contribution in [-0.4, -0.2) is 9.97 Å². The minimum absolute atomic E-state index is 0.0395. The van der Waals surface area contributed by atoms with Crippen molar-refractivity contribution in [3.8, 4) is 0 Å². The van der Waals surface area contributed by atoms with E-state index in [1.165, 1.54) is 6.07 Å². The van der Waals surface area contributed by atoms with E-state index in [0.29, 0.717) is 5.56 Å². The molecule has 3 aromatic rings. The lowest BCUT2D eigenvalue weighted by Gasteiger charge is -2.16. The minimum atomic E-state index is -0.211. The van der Waals surface area contributed by atoms with E-state index in [4.69, 9.17) is 0 Å². The van der Waals surface area contributed by atoms with Gasteiger partial charge in [0.2, 0.25) is 0 Å². The van der Waals surface area contributed by atoms with Gasteiger partial charge >= 0.3 is 5.69 Å². The predicted octanol–water partition coefficient (Wildman–Crippen LogP) is 3.48. The Labute approximate surface area is 121 Å². The van der Waals surface area contributed by atoms with Crippen molar-refractivity contribution in [1.82, 2.24) is 9.97 Å². The topological polar surface area (TPSA) is 60.7 Å². The zero-order valence-electron chi connectivity index (χ0n) is 11.8. The predicted molar refractivity (Wildman–Crippen MR) is 82.1 cm³/mol. The standard InChI is InChI=1S/C16H16FN3O/c1-9-7-12(4-5-13(9)17)18-10(2)11-3-6-14-15(8-11)20-16(21)19-14/h3-8,10,18H,1-2H3,(H2,19,20,21). The summed E-state index contributed by atoms with van der Waals surface area (Å²) in [5.41, 5.74) is 3.87. The summed E-state index contributed by atoms with van der Waals surface area (Å²) in [6.45, 7) is 3.76. The first kappa shape index (κ1) is 13.4. The number of fused-ring (bicyclic) bond motifs is 1. The van der Waals surface area contributed by atoms with Gasteiger partial charge in [-0.1, -0.05) is 6.07 Å². The molecule has 0 saturated carbocycles. The Morgan fingerprint density at radius 2 is 1.86 bits per heavy atom. The van der Waals surface area contributed by atoms with Crippen LogP contribution in [0.5, 0.6) is 0 Å². The molecule has 108 valence electrons. The quantitative estimate of drug-likeness (QED) is 0.690. The van der Waals surface area contributed by atoms with Crippen molar-refractivity contribution in [2.75, 3.05) is 5.32 Å². The van der Waals surface area contributed by atoms with E-state index >= 15 is 0 Å². The molecule has 1 aromatic heterocycles. The van der Waals surface area contributed by atoms with E-state index in [1.807, 2.05) is 25.1 Å². The van der Waals surface area contributed by atoms with Gasteiger partial charge in [0.15, 0.2) is 0 Å². The van der Waals surface area contributed by atoms with Crippen LogP contribution >= 0.6 is 0 Å². The highest BCUT2D eigenvalue weighted by atomic mass is 19.1. The number of H-pyrrole nitrogens is 2. The molecule has 1 atom stereocenters. The summed E-state index contributed by atoms with van der Waals surface area (Å²) in [5.74, 6) is -0.209. The molecule has 21 heavy (non-hydrogen) atoms. The van der Waals surface area contributed by atoms with Crippen LogP contribution in [0.1, 0.15) is 24.1 Å². The van der Waals surface area contributed by atoms with Crippen molar-refractivity contribution in [1.29, 1.82) is 0 Å². The first-order valence-corrected chi connectivity index (χ1v) is 6.77. The minimum Gasteiger partial charge on any atom is -0.379 e. The van der Waals surface area contributed by atoms with E-state index in [2.05, 4.69) is 15.3 Å². The second-order valence-corrected chi connectivity index (χ2v) is 5.21. The average Bonchev–Trinajstić information content (AvgIpc) is 2.82. The molecule has 0 spiro atoms. The number of halogens is 1. The van der Waals surface area contributed by atoms with Crippen LogP contribution in [-0.2, 0) is 0 Å². The van der Waals surface area contributed by atoms with Crippen LogP contribution in [0.15, 0.2) is 41.2 Å². The lowest BCUT2D eigenvalue weighted by atomic mass is 10.1. The van der Waals surface area contributed by atoms with Crippen molar-refractivity contribution >= 4 is 16.7 Å². The van der Waals surface area contributed by atoms with Gasteiger partial charge in [0.05, 0.1) is 11.0 Å². The van der Waals surface area contributed by atoms with Crippen LogP contribution in [0.25, 0.3) is 11.0 Å². The number of aryl methyl sites for hydroxylation is 1. The van der Waals surface area contributed by atoms with Crippen molar-refractivity contribution in [3.05, 3.63) is 63.8 Å². The summed E-state index contributed by atoms with van der Waals surface area (Å²) in [6, 6.07) is 10.8. The Morgan fingerprint density at radius 3 is 2.62 bits per heavy atom. The van der Waals surface area contributed by atoms with Gasteiger partial charge in [-0.3, -0.25) is 0 Å². The zero-order chi connectivity index (χ0) is 15.0. The Hall–Kier alpha value is -2.56. The maximum atomic E-state index is 13.3. The zero-order valence-corrected chi connectivity index (χ0v) is 11.8. The van der Waals surface area contributed by atoms with Crippen LogP contribution in [0.2, 0.25) is 0 Å². The number of nitrogens with one attached hydrogen (secondary N) is 3. The van der Waals surface area contributed by atoms with Crippen LogP contribution in [0.4, 0.5) is 10.1 Å². The number of hydrogen-bond acceptors (Lipinski definition) is 2. The highest BCUT2D eigenvalue weighted by Crippen LogP contribution is 2.22. The molecule has 4 nitrogen and oxygen atoms in total. The van der Waals surface area contributed by atoms with Crippen LogP contribution < -0.4 is 11.0 Å². The van der Waals surface area contributed by atoms with Crippen molar-refractivity contribution in [2.45, 2.75) is 19.9 Å². The smallest absolute Gasteiger partial charge is 0.323 e. The molecule has 1 unspecified atom stereocenters. The Kier molecular flexibility index (Phi) is 3.25. The largest absolute Gasteiger partial charge is 0.379 e. The van der Waals surface area contributed by atoms with Gasteiger partial charge in [-0.15, -0.1) is 0 Å². The summed E-state index contributed by atoms with van der Waals surface area (Å²) >= 11 is 0. The first-order chi connectivity index (χ1) is 10.0. The summed E-state index contributed by atoms with van der Waals surface area (Å²) < 4.78 is 13.3. The van der Waals surface area contributed by atoms with Crippen molar-refractivity contribution in [2.24, 2.45) is 0 Å². The first-order valence-electron chi connectivity index (χ1n) is 6.77. The molecule has 0 aliphatic rings. The number of benzene rings is 2. The van der Waals surface area contributed by atoms with E-state index in [0.717, 1.165) is 22.3 Å². The molecule has 0 radical (unpaired) electrons. The van der Waals surface area contributed by atoms with E-state index < -0.39 is 0 Å². The number of aromatic amines is 2. The summed E-state index contributed by atoms with van der Waals surface area (Å²) in [6.07, 6.45) is 0. The molecule has 0 bridgehead atoms. The Balaban J connectivity index is 1.87. The number of anilines is 1. The fourth-order valence-electron chi connectivity index (χ4n) is 2.39. The van der Waals surface area contributed by atoms with Gasteiger partial charge in [-0.05, 0) is 55.3 Å². The molecular weight excluding hydrogens is 269 g/mol. The molecule has 0 saturated heterocycles. The molecule has 0 aliphatic carbocycles. The van der Waals surface area contributed by atoms with Gasteiger partial charge in [0.1, 0.15) is 5.82 Å². The highest BCUT2D eigenvalue weighted by Gasteiger charge is 2.08. The van der Waals surface area contributed by atoms with Crippen molar-refractivity contribution < 1.29 is 4.39 Å². The van der Waals surface area contributed by atoms with Crippen LogP contribution in [0.3, 0.4) is 0 Å². The van der Waals surface area contributed by atoms with Gasteiger partial charge in [-0.25, -0.2) is 9.18 Å². The van der Waals surface area contributed by atoms with Gasteiger partial charge in [0, 0.05) is 11.7 Å². The number of hydrogen-bond donors (Lipinski definition) is 3. The number of rotatable bonds is 3. The molecule has 0 fully saturated rings. The Morgan fingerprint density at radius 1 is 1.10 bits per heavy atom.